The molecule has 0 radical (unpaired) electrons. The molecular weight excluding hydrogens is 288 g/mol. The Kier molecular flexibility index (Phi) is 5.62. The third-order valence-corrected chi connectivity index (χ3v) is 4.57. The van der Waals surface area contributed by atoms with E-state index in [9.17, 15) is 13.2 Å². The quantitative estimate of drug-likeness (QED) is 0.836. The van der Waals surface area contributed by atoms with Crippen molar-refractivity contribution in [3.05, 3.63) is 28.8 Å². The largest absolute Gasteiger partial charge is 0.387 e. The van der Waals surface area contributed by atoms with Crippen LogP contribution in [0.25, 0.3) is 0 Å². The highest BCUT2D eigenvalue weighted by Crippen LogP contribution is 2.20. The van der Waals surface area contributed by atoms with Crippen LogP contribution >= 0.6 is 11.6 Å². The molecule has 0 saturated heterocycles. The number of rotatable bonds is 6. The van der Waals surface area contributed by atoms with Crippen LogP contribution in [0.5, 0.6) is 0 Å². The molecule has 0 saturated carbocycles. The molecule has 0 aliphatic heterocycles. The Labute approximate surface area is 118 Å². The van der Waals surface area contributed by atoms with Crippen LogP contribution in [-0.4, -0.2) is 39.4 Å². The summed E-state index contributed by atoms with van der Waals surface area (Å²) in [6.07, 6.45) is 0. The maximum Gasteiger partial charge on any atom is 0.253 e. The highest BCUT2D eigenvalue weighted by atomic mass is 35.5. The molecule has 106 valence electrons. The summed E-state index contributed by atoms with van der Waals surface area (Å²) in [5.74, 6) is -0.342. The first-order valence-electron chi connectivity index (χ1n) is 5.85. The summed E-state index contributed by atoms with van der Waals surface area (Å²) in [6, 6.07) is 4.91. The molecule has 19 heavy (non-hydrogen) atoms. The van der Waals surface area contributed by atoms with Crippen LogP contribution in [-0.2, 0) is 9.84 Å². The van der Waals surface area contributed by atoms with Gasteiger partial charge in [0.15, 0.2) is 9.84 Å². The Hall–Kier alpha value is -1.27. The number of carbonyl (C=O) groups excluding carboxylic acids is 1. The van der Waals surface area contributed by atoms with Crippen LogP contribution < -0.4 is 10.6 Å². The highest BCUT2D eigenvalue weighted by molar-refractivity contribution is 7.91. The van der Waals surface area contributed by atoms with Crippen LogP contribution in [0.15, 0.2) is 18.2 Å². The van der Waals surface area contributed by atoms with Gasteiger partial charge in [-0.05, 0) is 18.2 Å². The van der Waals surface area contributed by atoms with Crippen LogP contribution in [0.3, 0.4) is 0 Å². The smallest absolute Gasteiger partial charge is 0.253 e. The molecule has 0 aromatic heterocycles. The van der Waals surface area contributed by atoms with Crippen molar-refractivity contribution >= 4 is 33.0 Å². The number of anilines is 1. The number of benzene rings is 1. The maximum absolute atomic E-state index is 11.9. The number of amides is 1. The molecular formula is C12H17ClN2O3S. The van der Waals surface area contributed by atoms with E-state index < -0.39 is 9.84 Å². The van der Waals surface area contributed by atoms with Crippen molar-refractivity contribution in [1.82, 2.24) is 5.32 Å². The standard InChI is InChI=1S/C12H17ClN2O3S/c1-3-19(17,18)7-6-15-12(16)10-8-9(13)4-5-11(10)14-2/h4-5,8,14H,3,6-7H2,1-2H3,(H,15,16). The van der Waals surface area contributed by atoms with Gasteiger partial charge < -0.3 is 10.6 Å². The van der Waals surface area contributed by atoms with E-state index in [0.717, 1.165) is 0 Å². The minimum absolute atomic E-state index is 0.0648. The summed E-state index contributed by atoms with van der Waals surface area (Å²) in [5.41, 5.74) is 1.03. The molecule has 5 nitrogen and oxygen atoms in total. The number of nitrogens with one attached hydrogen (secondary N) is 2. The number of sulfone groups is 1. The van der Waals surface area contributed by atoms with Crippen molar-refractivity contribution in [2.75, 3.05) is 30.4 Å². The van der Waals surface area contributed by atoms with Gasteiger partial charge in [-0.3, -0.25) is 4.79 Å². The van der Waals surface area contributed by atoms with Gasteiger partial charge in [0.25, 0.3) is 5.91 Å². The van der Waals surface area contributed by atoms with Gasteiger partial charge in [-0.25, -0.2) is 8.42 Å². The minimum Gasteiger partial charge on any atom is -0.387 e. The fraction of sp³-hybridized carbons (Fsp3) is 0.417. The average Bonchev–Trinajstić information content (AvgIpc) is 2.38. The Bertz CT molecular complexity index is 558. The van der Waals surface area contributed by atoms with Gasteiger partial charge in [-0.1, -0.05) is 18.5 Å². The number of halogens is 1. The van der Waals surface area contributed by atoms with Gasteiger partial charge in [0.2, 0.25) is 0 Å². The monoisotopic (exact) mass is 304 g/mol. The molecule has 0 atom stereocenters. The minimum atomic E-state index is -3.08. The van der Waals surface area contributed by atoms with Crippen molar-refractivity contribution in [3.63, 3.8) is 0 Å². The number of carbonyl (C=O) groups is 1. The summed E-state index contributed by atoms with van der Waals surface area (Å²) in [6.45, 7) is 1.66. The molecule has 1 rings (SSSR count). The van der Waals surface area contributed by atoms with Crippen LogP contribution in [0.1, 0.15) is 17.3 Å². The third kappa shape index (κ3) is 4.72. The summed E-state index contributed by atoms with van der Waals surface area (Å²) >= 11 is 5.84. The maximum atomic E-state index is 11.9. The predicted molar refractivity (Wildman–Crippen MR) is 77.7 cm³/mol. The Morgan fingerprint density at radius 2 is 2.05 bits per heavy atom. The topological polar surface area (TPSA) is 75.3 Å². The summed E-state index contributed by atoms with van der Waals surface area (Å²) in [7, 11) is -1.38. The fourth-order valence-electron chi connectivity index (χ4n) is 1.48. The van der Waals surface area contributed by atoms with Gasteiger partial charge >= 0.3 is 0 Å². The lowest BCUT2D eigenvalue weighted by atomic mass is 10.1. The van der Waals surface area contributed by atoms with E-state index in [1.165, 1.54) is 6.07 Å². The second-order valence-electron chi connectivity index (χ2n) is 3.93. The number of hydrogen-bond acceptors (Lipinski definition) is 4. The Balaban J connectivity index is 2.71. The van der Waals surface area contributed by atoms with Gasteiger partial charge in [-0.15, -0.1) is 0 Å². The Morgan fingerprint density at radius 3 is 2.63 bits per heavy atom. The highest BCUT2D eigenvalue weighted by Gasteiger charge is 2.13. The zero-order valence-electron chi connectivity index (χ0n) is 10.9. The molecule has 1 aromatic rings. The van der Waals surface area contributed by atoms with Gasteiger partial charge in [0, 0.05) is 30.1 Å². The summed E-state index contributed by atoms with van der Waals surface area (Å²) < 4.78 is 22.6. The van der Waals surface area contributed by atoms with E-state index in [1.54, 1.807) is 26.1 Å². The molecule has 0 unspecified atom stereocenters. The first-order valence-corrected chi connectivity index (χ1v) is 8.05. The van der Waals surface area contributed by atoms with Gasteiger partial charge in [-0.2, -0.15) is 0 Å². The third-order valence-electron chi connectivity index (χ3n) is 2.63. The molecule has 0 bridgehead atoms. The number of hydrogen-bond donors (Lipinski definition) is 2. The van der Waals surface area contributed by atoms with Crippen molar-refractivity contribution in [2.45, 2.75) is 6.92 Å². The zero-order valence-corrected chi connectivity index (χ0v) is 12.4. The van der Waals surface area contributed by atoms with Gasteiger partial charge in [0.1, 0.15) is 0 Å². The lowest BCUT2D eigenvalue weighted by Crippen LogP contribution is -2.30. The molecule has 0 heterocycles. The second kappa shape index (κ2) is 6.77. The van der Waals surface area contributed by atoms with E-state index in [4.69, 9.17) is 11.6 Å². The van der Waals surface area contributed by atoms with E-state index in [1.807, 2.05) is 0 Å². The fourth-order valence-corrected chi connectivity index (χ4v) is 2.36. The SMILES string of the molecule is CCS(=O)(=O)CCNC(=O)c1cc(Cl)ccc1NC. The van der Waals surface area contributed by atoms with Gasteiger partial charge in [0.05, 0.1) is 11.3 Å². The summed E-state index contributed by atoms with van der Waals surface area (Å²) in [5, 5.41) is 5.91. The van der Waals surface area contributed by atoms with Crippen LogP contribution in [0, 0.1) is 0 Å². The second-order valence-corrected chi connectivity index (χ2v) is 6.84. The van der Waals surface area contributed by atoms with Crippen LogP contribution in [0.2, 0.25) is 5.02 Å². The molecule has 0 aliphatic carbocycles. The zero-order chi connectivity index (χ0) is 14.5. The van der Waals surface area contributed by atoms with E-state index in [-0.39, 0.29) is 24.0 Å². The van der Waals surface area contributed by atoms with Crippen molar-refractivity contribution < 1.29 is 13.2 Å². The lowest BCUT2D eigenvalue weighted by Gasteiger charge is -2.10. The molecule has 1 amide bonds. The molecule has 2 N–H and O–H groups in total. The van der Waals surface area contributed by atoms with Crippen molar-refractivity contribution in [1.29, 1.82) is 0 Å². The molecule has 0 fully saturated rings. The van der Waals surface area contributed by atoms with E-state index in [0.29, 0.717) is 16.3 Å². The van der Waals surface area contributed by atoms with Crippen molar-refractivity contribution in [3.8, 4) is 0 Å². The Morgan fingerprint density at radius 1 is 1.37 bits per heavy atom. The van der Waals surface area contributed by atoms with Crippen molar-refractivity contribution in [2.24, 2.45) is 0 Å². The lowest BCUT2D eigenvalue weighted by molar-refractivity contribution is 0.0957. The molecule has 1 aromatic carbocycles. The first-order chi connectivity index (χ1) is 8.89. The van der Waals surface area contributed by atoms with Crippen LogP contribution in [0.4, 0.5) is 5.69 Å². The predicted octanol–water partition coefficient (Wildman–Crippen LogP) is 1.55. The molecule has 0 aliphatic rings. The van der Waals surface area contributed by atoms with E-state index >= 15 is 0 Å². The molecule has 0 spiro atoms. The average molecular weight is 305 g/mol. The molecule has 7 heteroatoms. The summed E-state index contributed by atoms with van der Waals surface area (Å²) in [4.78, 5) is 11.9. The van der Waals surface area contributed by atoms with E-state index in [2.05, 4.69) is 10.6 Å². The first kappa shape index (κ1) is 15.8. The normalized spacial score (nSPS) is 11.1.